The third kappa shape index (κ3) is 4.48. The minimum absolute atomic E-state index is 0.126. The van der Waals surface area contributed by atoms with Gasteiger partial charge >= 0.3 is 5.97 Å². The largest absolute Gasteiger partial charge is 0.482 e. The Morgan fingerprint density at radius 3 is 2.43 bits per heavy atom. The average Bonchev–Trinajstić information content (AvgIpc) is 2.97. The number of rotatable bonds is 6. The zero-order valence-electron chi connectivity index (χ0n) is 12.2. The lowest BCUT2D eigenvalue weighted by molar-refractivity contribution is -0.139. The summed E-state index contributed by atoms with van der Waals surface area (Å²) in [6.45, 7) is -0.365. The number of anilines is 1. The van der Waals surface area contributed by atoms with E-state index >= 15 is 0 Å². The molecule has 0 aliphatic heterocycles. The fraction of sp³-hybridized carbons (Fsp3) is 0.500. The van der Waals surface area contributed by atoms with E-state index in [-0.39, 0.29) is 12.5 Å². The molecule has 21 heavy (non-hydrogen) atoms. The van der Waals surface area contributed by atoms with Crippen molar-refractivity contribution in [3.05, 3.63) is 24.3 Å². The molecular formula is C16H21NO4. The van der Waals surface area contributed by atoms with E-state index in [0.717, 1.165) is 18.5 Å². The van der Waals surface area contributed by atoms with Crippen LogP contribution in [0.2, 0.25) is 0 Å². The second kappa shape index (κ2) is 7.11. The summed E-state index contributed by atoms with van der Waals surface area (Å²) in [6.07, 6.45) is 5.38. The van der Waals surface area contributed by atoms with Gasteiger partial charge in [0.15, 0.2) is 6.61 Å². The Balaban J connectivity index is 1.90. The zero-order valence-corrected chi connectivity index (χ0v) is 12.2. The normalized spacial score (nSPS) is 14.9. The van der Waals surface area contributed by atoms with E-state index in [1.807, 2.05) is 0 Å². The van der Waals surface area contributed by atoms with Gasteiger partial charge in [0, 0.05) is 19.2 Å². The van der Waals surface area contributed by atoms with Gasteiger partial charge in [-0.2, -0.15) is 0 Å². The van der Waals surface area contributed by atoms with Gasteiger partial charge < -0.3 is 14.7 Å². The fourth-order valence-electron chi connectivity index (χ4n) is 2.65. The number of carbonyl (C=O) groups is 2. The van der Waals surface area contributed by atoms with Crippen LogP contribution in [0.3, 0.4) is 0 Å². The molecule has 0 atom stereocenters. The lowest BCUT2D eigenvalue weighted by Gasteiger charge is -2.19. The van der Waals surface area contributed by atoms with Crippen molar-refractivity contribution in [2.75, 3.05) is 18.6 Å². The van der Waals surface area contributed by atoms with E-state index in [4.69, 9.17) is 9.84 Å². The van der Waals surface area contributed by atoms with E-state index < -0.39 is 5.97 Å². The monoisotopic (exact) mass is 291 g/mol. The first-order valence-corrected chi connectivity index (χ1v) is 7.27. The van der Waals surface area contributed by atoms with Crippen LogP contribution < -0.4 is 9.64 Å². The molecule has 2 rings (SSSR count). The van der Waals surface area contributed by atoms with Gasteiger partial charge in [-0.1, -0.05) is 12.8 Å². The molecule has 0 radical (unpaired) electrons. The highest BCUT2D eigenvalue weighted by Crippen LogP contribution is 2.29. The lowest BCUT2D eigenvalue weighted by atomic mass is 10.0. The molecule has 114 valence electrons. The molecule has 0 heterocycles. The Kier molecular flexibility index (Phi) is 5.20. The summed E-state index contributed by atoms with van der Waals surface area (Å²) in [5.74, 6) is 0.125. The van der Waals surface area contributed by atoms with Crippen LogP contribution in [-0.2, 0) is 9.59 Å². The molecule has 1 N–H and O–H groups in total. The highest BCUT2D eigenvalue weighted by atomic mass is 16.5. The maximum Gasteiger partial charge on any atom is 0.341 e. The van der Waals surface area contributed by atoms with Crippen LogP contribution in [0.5, 0.6) is 5.75 Å². The molecule has 1 aromatic carbocycles. The van der Waals surface area contributed by atoms with Gasteiger partial charge in [-0.25, -0.2) is 4.79 Å². The van der Waals surface area contributed by atoms with Gasteiger partial charge in [0.2, 0.25) is 5.91 Å². The number of amides is 1. The van der Waals surface area contributed by atoms with E-state index in [2.05, 4.69) is 0 Å². The van der Waals surface area contributed by atoms with Crippen LogP contribution in [0.15, 0.2) is 24.3 Å². The maximum absolute atomic E-state index is 12.2. The van der Waals surface area contributed by atoms with Gasteiger partial charge in [0.25, 0.3) is 0 Å². The molecule has 5 heteroatoms. The molecule has 5 nitrogen and oxygen atoms in total. The highest BCUT2D eigenvalue weighted by molar-refractivity contribution is 5.93. The summed E-state index contributed by atoms with van der Waals surface area (Å²) in [6, 6.07) is 6.89. The topological polar surface area (TPSA) is 66.8 Å². The summed E-state index contributed by atoms with van der Waals surface area (Å²) in [5.41, 5.74) is 0.792. The molecule has 1 aliphatic rings. The minimum Gasteiger partial charge on any atom is -0.482 e. The predicted octanol–water partition coefficient (Wildman–Crippen LogP) is 2.69. The SMILES string of the molecule is CN(C(=O)CC1CCCC1)c1ccc(OCC(=O)O)cc1. The molecule has 1 aliphatic carbocycles. The Morgan fingerprint density at radius 2 is 1.86 bits per heavy atom. The molecule has 0 saturated heterocycles. The molecular weight excluding hydrogens is 270 g/mol. The van der Waals surface area contributed by atoms with Crippen molar-refractivity contribution in [2.24, 2.45) is 5.92 Å². The lowest BCUT2D eigenvalue weighted by Crippen LogP contribution is -2.27. The van der Waals surface area contributed by atoms with E-state index in [0.29, 0.717) is 18.1 Å². The molecule has 1 saturated carbocycles. The first-order valence-electron chi connectivity index (χ1n) is 7.27. The smallest absolute Gasteiger partial charge is 0.341 e. The quantitative estimate of drug-likeness (QED) is 0.875. The van der Waals surface area contributed by atoms with Crippen molar-refractivity contribution < 1.29 is 19.4 Å². The van der Waals surface area contributed by atoms with Crippen LogP contribution in [0, 0.1) is 5.92 Å². The number of ether oxygens (including phenoxy) is 1. The number of hydrogen-bond donors (Lipinski definition) is 1. The Bertz CT molecular complexity index is 492. The maximum atomic E-state index is 12.2. The number of aliphatic carboxylic acids is 1. The Labute approximate surface area is 124 Å². The standard InChI is InChI=1S/C16H21NO4/c1-17(15(18)10-12-4-2-3-5-12)13-6-8-14(9-7-13)21-11-16(19)20/h6-9,12H,2-5,10-11H2,1H3,(H,19,20). The molecule has 1 fully saturated rings. The Morgan fingerprint density at radius 1 is 1.24 bits per heavy atom. The van der Waals surface area contributed by atoms with Crippen LogP contribution in [0.25, 0.3) is 0 Å². The summed E-state index contributed by atoms with van der Waals surface area (Å²) in [5, 5.41) is 8.55. The van der Waals surface area contributed by atoms with Crippen molar-refractivity contribution in [1.29, 1.82) is 0 Å². The second-order valence-electron chi connectivity index (χ2n) is 5.48. The number of nitrogens with zero attached hydrogens (tertiary/aromatic N) is 1. The van der Waals surface area contributed by atoms with Crippen LogP contribution >= 0.6 is 0 Å². The molecule has 0 unspecified atom stereocenters. The summed E-state index contributed by atoms with van der Waals surface area (Å²) in [7, 11) is 1.77. The first kappa shape index (κ1) is 15.4. The van der Waals surface area contributed by atoms with E-state index in [1.54, 1.807) is 36.2 Å². The number of hydrogen-bond acceptors (Lipinski definition) is 3. The number of carbonyl (C=O) groups excluding carboxylic acids is 1. The Hall–Kier alpha value is -2.04. The van der Waals surface area contributed by atoms with Crippen LogP contribution in [-0.4, -0.2) is 30.6 Å². The second-order valence-corrected chi connectivity index (χ2v) is 5.48. The third-order valence-electron chi connectivity index (χ3n) is 3.90. The average molecular weight is 291 g/mol. The van der Waals surface area contributed by atoms with Crippen molar-refractivity contribution in [3.8, 4) is 5.75 Å². The number of benzene rings is 1. The summed E-state index contributed by atoms with van der Waals surface area (Å²) in [4.78, 5) is 24.3. The van der Waals surface area contributed by atoms with Crippen molar-refractivity contribution >= 4 is 17.6 Å². The molecule has 0 spiro atoms. The van der Waals surface area contributed by atoms with Crippen molar-refractivity contribution in [3.63, 3.8) is 0 Å². The van der Waals surface area contributed by atoms with Crippen LogP contribution in [0.1, 0.15) is 32.1 Å². The first-order chi connectivity index (χ1) is 10.1. The van der Waals surface area contributed by atoms with E-state index in [9.17, 15) is 9.59 Å². The molecule has 0 aromatic heterocycles. The van der Waals surface area contributed by atoms with Gasteiger partial charge in [-0.15, -0.1) is 0 Å². The predicted molar refractivity (Wildman–Crippen MR) is 79.6 cm³/mol. The highest BCUT2D eigenvalue weighted by Gasteiger charge is 2.21. The summed E-state index contributed by atoms with van der Waals surface area (Å²) >= 11 is 0. The number of carboxylic acids is 1. The number of carboxylic acid groups (broad SMARTS) is 1. The van der Waals surface area contributed by atoms with Gasteiger partial charge in [0.05, 0.1) is 0 Å². The van der Waals surface area contributed by atoms with Crippen LogP contribution in [0.4, 0.5) is 5.69 Å². The van der Waals surface area contributed by atoms with Gasteiger partial charge in [-0.05, 0) is 43.0 Å². The molecule has 1 aromatic rings. The minimum atomic E-state index is -1.01. The van der Waals surface area contributed by atoms with Crippen molar-refractivity contribution in [2.45, 2.75) is 32.1 Å². The zero-order chi connectivity index (χ0) is 15.2. The molecule has 1 amide bonds. The van der Waals surface area contributed by atoms with Gasteiger partial charge in [-0.3, -0.25) is 4.79 Å². The molecule has 0 bridgehead atoms. The van der Waals surface area contributed by atoms with Gasteiger partial charge in [0.1, 0.15) is 5.75 Å². The summed E-state index contributed by atoms with van der Waals surface area (Å²) < 4.78 is 5.07. The third-order valence-corrected chi connectivity index (χ3v) is 3.90. The van der Waals surface area contributed by atoms with Crippen molar-refractivity contribution in [1.82, 2.24) is 0 Å². The fourth-order valence-corrected chi connectivity index (χ4v) is 2.65. The van der Waals surface area contributed by atoms with E-state index in [1.165, 1.54) is 12.8 Å².